The molecule has 0 saturated heterocycles. The summed E-state index contributed by atoms with van der Waals surface area (Å²) in [7, 11) is -2.01. The molecule has 3 aromatic rings. The Kier molecular flexibility index (Phi) is 7.17. The molecule has 2 aromatic carbocycles. The molecule has 32 heavy (non-hydrogen) atoms. The maximum atomic E-state index is 12.5. The molecule has 0 aliphatic heterocycles. The van der Waals surface area contributed by atoms with Gasteiger partial charge in [0.15, 0.2) is 15.0 Å². The van der Waals surface area contributed by atoms with Crippen LogP contribution in [0.15, 0.2) is 52.7 Å². The second-order valence-electron chi connectivity index (χ2n) is 6.64. The van der Waals surface area contributed by atoms with Crippen LogP contribution in [0.1, 0.15) is 23.0 Å². The van der Waals surface area contributed by atoms with E-state index in [0.29, 0.717) is 22.3 Å². The Balaban J connectivity index is 1.79. The number of rotatable bonds is 7. The van der Waals surface area contributed by atoms with Crippen molar-refractivity contribution >= 4 is 55.5 Å². The molecule has 1 heterocycles. The van der Waals surface area contributed by atoms with E-state index in [1.165, 1.54) is 48.5 Å². The lowest BCUT2D eigenvalue weighted by atomic mass is 10.2. The zero-order chi connectivity index (χ0) is 23.5. The van der Waals surface area contributed by atoms with Crippen LogP contribution in [0.2, 0.25) is 5.02 Å². The topological polar surface area (TPSA) is 103 Å². The molecular formula is C21H19ClN2O6S2. The van der Waals surface area contributed by atoms with Crippen molar-refractivity contribution < 1.29 is 27.5 Å². The van der Waals surface area contributed by atoms with Crippen LogP contribution in [0.25, 0.3) is 0 Å². The van der Waals surface area contributed by atoms with Crippen molar-refractivity contribution in [1.29, 1.82) is 0 Å². The summed E-state index contributed by atoms with van der Waals surface area (Å²) < 4.78 is 34.1. The minimum absolute atomic E-state index is 0.0429. The van der Waals surface area contributed by atoms with Crippen molar-refractivity contribution in [2.75, 3.05) is 18.3 Å². The number of hydrogen-bond donors (Lipinski definition) is 0. The Hall–Kier alpha value is -2.95. The number of benzene rings is 2. The molecule has 8 nitrogen and oxygen atoms in total. The number of anilines is 2. The van der Waals surface area contributed by atoms with Gasteiger partial charge in [-0.1, -0.05) is 23.7 Å². The van der Waals surface area contributed by atoms with Gasteiger partial charge >= 0.3 is 5.97 Å². The fraction of sp³-hybridized carbons (Fsp3) is 0.190. The Morgan fingerprint density at radius 1 is 1.19 bits per heavy atom. The zero-order valence-electron chi connectivity index (χ0n) is 17.4. The van der Waals surface area contributed by atoms with Crippen LogP contribution in [0.4, 0.5) is 10.8 Å². The van der Waals surface area contributed by atoms with Gasteiger partial charge in [0.25, 0.3) is 0 Å². The normalized spacial score (nSPS) is 11.1. The number of sulfone groups is 1. The Morgan fingerprint density at radius 3 is 2.56 bits per heavy atom. The number of ether oxygens (including phenoxy) is 2. The molecule has 0 N–H and O–H groups in total. The molecule has 3 rings (SSSR count). The van der Waals surface area contributed by atoms with Crippen LogP contribution in [-0.4, -0.2) is 38.6 Å². The third-order valence-electron chi connectivity index (χ3n) is 4.31. The molecule has 11 heteroatoms. The number of esters is 1. The third-order valence-corrected chi connectivity index (χ3v) is 6.62. The van der Waals surface area contributed by atoms with Crippen molar-refractivity contribution in [3.8, 4) is 5.75 Å². The van der Waals surface area contributed by atoms with Crippen molar-refractivity contribution in [3.63, 3.8) is 0 Å². The molecule has 0 aliphatic rings. The third kappa shape index (κ3) is 5.26. The van der Waals surface area contributed by atoms with E-state index in [2.05, 4.69) is 4.98 Å². The van der Waals surface area contributed by atoms with Crippen molar-refractivity contribution in [1.82, 2.24) is 4.98 Å². The van der Waals surface area contributed by atoms with E-state index in [4.69, 9.17) is 21.1 Å². The summed E-state index contributed by atoms with van der Waals surface area (Å²) in [6.07, 6.45) is 1.03. The molecule has 168 valence electrons. The molecule has 1 aromatic heterocycles. The van der Waals surface area contributed by atoms with Gasteiger partial charge in [0, 0.05) is 18.6 Å². The maximum Gasteiger partial charge on any atom is 0.340 e. The number of carbonyl (C=O) groups excluding carboxylic acids is 2. The fourth-order valence-corrected chi connectivity index (χ4v) is 4.50. The van der Waals surface area contributed by atoms with Crippen molar-refractivity contribution in [2.24, 2.45) is 0 Å². The number of carbonyl (C=O) groups is 2. The number of methoxy groups -OCH3 is 1. The van der Waals surface area contributed by atoms with Gasteiger partial charge in [-0.15, -0.1) is 11.3 Å². The van der Waals surface area contributed by atoms with Gasteiger partial charge < -0.3 is 9.47 Å². The molecule has 0 fully saturated rings. The smallest absolute Gasteiger partial charge is 0.340 e. The quantitative estimate of drug-likeness (QED) is 0.452. The SMILES string of the molecule is COc1ccccc1N(C(C)=O)c1nc(COC(=O)c2cc(S(C)(=O)=O)ccc2Cl)cs1. The molecule has 0 spiro atoms. The summed E-state index contributed by atoms with van der Waals surface area (Å²) in [5.74, 6) is -0.550. The zero-order valence-corrected chi connectivity index (χ0v) is 19.8. The average Bonchev–Trinajstić information content (AvgIpc) is 3.20. The standard InChI is InChI=1S/C21H19ClN2O6S2/c1-13(25)24(18-6-4-5-7-19(18)29-2)21-23-14(12-31-21)11-30-20(26)16-10-15(32(3,27)28)8-9-17(16)22/h4-10,12H,11H2,1-3H3. The van der Waals surface area contributed by atoms with Gasteiger partial charge in [-0.3, -0.25) is 9.69 Å². The van der Waals surface area contributed by atoms with Crippen LogP contribution in [-0.2, 0) is 26.0 Å². The van der Waals surface area contributed by atoms with Gasteiger partial charge in [-0.05, 0) is 30.3 Å². The fourth-order valence-electron chi connectivity index (χ4n) is 2.80. The Bertz CT molecular complexity index is 1270. The summed E-state index contributed by atoms with van der Waals surface area (Å²) in [5.41, 5.74) is 0.879. The van der Waals surface area contributed by atoms with E-state index >= 15 is 0 Å². The first kappa shape index (κ1) is 23.7. The molecule has 0 radical (unpaired) electrons. The lowest BCUT2D eigenvalue weighted by molar-refractivity contribution is -0.115. The number of nitrogens with zero attached hydrogens (tertiary/aromatic N) is 2. The molecule has 0 aliphatic carbocycles. The highest BCUT2D eigenvalue weighted by molar-refractivity contribution is 7.90. The lowest BCUT2D eigenvalue weighted by Crippen LogP contribution is -2.23. The molecule has 0 bridgehead atoms. The van der Waals surface area contributed by atoms with Crippen molar-refractivity contribution in [3.05, 3.63) is 64.1 Å². The maximum absolute atomic E-state index is 12.5. The van der Waals surface area contributed by atoms with Crippen molar-refractivity contribution in [2.45, 2.75) is 18.4 Å². The predicted octanol–water partition coefficient (Wildman–Crippen LogP) is 4.25. The van der Waals surface area contributed by atoms with E-state index in [9.17, 15) is 18.0 Å². The molecular weight excluding hydrogens is 476 g/mol. The summed E-state index contributed by atoms with van der Waals surface area (Å²) in [4.78, 5) is 30.5. The minimum Gasteiger partial charge on any atom is -0.495 e. The number of halogens is 1. The Labute approximate surface area is 194 Å². The van der Waals surface area contributed by atoms with E-state index in [0.717, 1.165) is 6.26 Å². The van der Waals surface area contributed by atoms with Crippen LogP contribution >= 0.6 is 22.9 Å². The lowest BCUT2D eigenvalue weighted by Gasteiger charge is -2.20. The molecule has 1 amide bonds. The molecule has 0 saturated carbocycles. The summed E-state index contributed by atoms with van der Waals surface area (Å²) in [6, 6.07) is 10.8. The first-order valence-corrected chi connectivity index (χ1v) is 12.3. The van der Waals surface area contributed by atoms with Crippen LogP contribution in [0.3, 0.4) is 0 Å². The second-order valence-corrected chi connectivity index (χ2v) is 9.90. The Morgan fingerprint density at radius 2 is 1.91 bits per heavy atom. The largest absolute Gasteiger partial charge is 0.495 e. The number of amides is 1. The van der Waals surface area contributed by atoms with Crippen LogP contribution in [0.5, 0.6) is 5.75 Å². The highest BCUT2D eigenvalue weighted by Gasteiger charge is 2.22. The first-order valence-electron chi connectivity index (χ1n) is 9.16. The summed E-state index contributed by atoms with van der Waals surface area (Å²) in [6.45, 7) is 1.22. The van der Waals surface area contributed by atoms with Crippen LogP contribution < -0.4 is 9.64 Å². The molecule has 0 atom stereocenters. The van der Waals surface area contributed by atoms with Gasteiger partial charge in [0.1, 0.15) is 12.4 Å². The minimum atomic E-state index is -3.51. The number of hydrogen-bond acceptors (Lipinski definition) is 8. The highest BCUT2D eigenvalue weighted by Crippen LogP contribution is 2.35. The number of para-hydroxylation sites is 2. The first-order chi connectivity index (χ1) is 15.1. The second kappa shape index (κ2) is 9.68. The van der Waals surface area contributed by atoms with Gasteiger partial charge in [0.05, 0.1) is 34.0 Å². The highest BCUT2D eigenvalue weighted by atomic mass is 35.5. The summed E-state index contributed by atoms with van der Waals surface area (Å²) in [5, 5.41) is 2.10. The average molecular weight is 495 g/mol. The monoisotopic (exact) mass is 494 g/mol. The number of aromatic nitrogens is 1. The summed E-state index contributed by atoms with van der Waals surface area (Å²) >= 11 is 7.23. The van der Waals surface area contributed by atoms with E-state index in [1.807, 2.05) is 0 Å². The molecule has 0 unspecified atom stereocenters. The van der Waals surface area contributed by atoms with E-state index in [1.54, 1.807) is 29.6 Å². The van der Waals surface area contributed by atoms with Gasteiger partial charge in [-0.25, -0.2) is 18.2 Å². The van der Waals surface area contributed by atoms with E-state index in [-0.39, 0.29) is 28.0 Å². The van der Waals surface area contributed by atoms with E-state index < -0.39 is 15.8 Å². The number of thiazole rings is 1. The van der Waals surface area contributed by atoms with Crippen LogP contribution in [0, 0.1) is 0 Å². The predicted molar refractivity (Wildman–Crippen MR) is 122 cm³/mol. The van der Waals surface area contributed by atoms with Gasteiger partial charge in [-0.2, -0.15) is 0 Å². The van der Waals surface area contributed by atoms with Gasteiger partial charge in [0.2, 0.25) is 5.91 Å².